The van der Waals surface area contributed by atoms with Crippen molar-refractivity contribution in [2.24, 2.45) is 0 Å². The van der Waals surface area contributed by atoms with Crippen LogP contribution in [0.25, 0.3) is 0 Å². The molecule has 3 heterocycles. The molecule has 2 aliphatic heterocycles. The van der Waals surface area contributed by atoms with Crippen LogP contribution in [0.2, 0.25) is 0 Å². The van der Waals surface area contributed by atoms with E-state index in [9.17, 15) is 33.7 Å². The molecule has 202 valence electrons. The Bertz CT molecular complexity index is 1260. The maximum absolute atomic E-state index is 15.0. The summed E-state index contributed by atoms with van der Waals surface area (Å²) in [6.07, 6.45) is -1.17. The number of rotatable bonds is 8. The van der Waals surface area contributed by atoms with E-state index in [1.807, 2.05) is 0 Å². The third-order valence-electron chi connectivity index (χ3n) is 6.06. The maximum atomic E-state index is 15.0. The van der Waals surface area contributed by atoms with Crippen LogP contribution >= 0.6 is 0 Å². The van der Waals surface area contributed by atoms with E-state index in [0.717, 1.165) is 12.1 Å². The van der Waals surface area contributed by atoms with Crippen LogP contribution in [0.15, 0.2) is 34.7 Å². The van der Waals surface area contributed by atoms with Crippen molar-refractivity contribution in [2.45, 2.75) is 13.0 Å². The lowest BCUT2D eigenvalue weighted by atomic mass is 10.2. The van der Waals surface area contributed by atoms with Gasteiger partial charge in [0, 0.05) is 33.1 Å². The smallest absolute Gasteiger partial charge is 0.433 e. The van der Waals surface area contributed by atoms with Gasteiger partial charge in [0.2, 0.25) is 11.8 Å². The van der Waals surface area contributed by atoms with Gasteiger partial charge in [0.05, 0.1) is 37.1 Å². The molecule has 2 saturated heterocycles. The van der Waals surface area contributed by atoms with E-state index in [-0.39, 0.29) is 50.3 Å². The van der Waals surface area contributed by atoms with Gasteiger partial charge >= 0.3 is 12.0 Å². The van der Waals surface area contributed by atoms with Crippen LogP contribution in [0.3, 0.4) is 0 Å². The van der Waals surface area contributed by atoms with Crippen molar-refractivity contribution in [3.8, 4) is 0 Å². The van der Waals surface area contributed by atoms with E-state index in [1.54, 1.807) is 17.0 Å². The van der Waals surface area contributed by atoms with Gasteiger partial charge in [0.1, 0.15) is 16.8 Å². The predicted molar refractivity (Wildman–Crippen MR) is 129 cm³/mol. The zero-order valence-corrected chi connectivity index (χ0v) is 20.3. The normalized spacial score (nSPS) is 17.3. The predicted octanol–water partition coefficient (Wildman–Crippen LogP) is 0.867. The minimum absolute atomic E-state index is 0.163. The molecule has 0 aliphatic carbocycles. The first-order valence-electron chi connectivity index (χ1n) is 11.7. The summed E-state index contributed by atoms with van der Waals surface area (Å²) in [4.78, 5) is 62.3. The van der Waals surface area contributed by atoms with Crippen LogP contribution < -0.4 is 20.4 Å². The average molecular weight is 532 g/mol. The van der Waals surface area contributed by atoms with Crippen LogP contribution in [-0.4, -0.2) is 85.6 Å². The van der Waals surface area contributed by atoms with E-state index < -0.39 is 34.7 Å². The highest BCUT2D eigenvalue weighted by Crippen LogP contribution is 2.28. The highest BCUT2D eigenvalue weighted by Gasteiger charge is 2.33. The fraction of sp³-hybridized carbons (Fsp3) is 0.391. The van der Waals surface area contributed by atoms with Crippen molar-refractivity contribution in [3.63, 3.8) is 0 Å². The molecule has 38 heavy (non-hydrogen) atoms. The molecule has 4 rings (SSSR count). The standard InChI is InChI=1S/C23H25FN6O8/c1-14(31)25-11-16-13-29(23(34)37-16)15-2-3-18(17(24)10-15)27-6-8-28(9-7-27)20(32)12-26-22(33)19-4-5-21(38-19)30(35)36/h2-5,10,16H,6-9,11-13H2,1H3,(H,25,31)(H,26,33)/t16-/m0/s1. The molecule has 0 radical (unpaired) electrons. The van der Waals surface area contributed by atoms with Gasteiger partial charge in [-0.3, -0.25) is 29.4 Å². The summed E-state index contributed by atoms with van der Waals surface area (Å²) in [6, 6.07) is 6.59. The summed E-state index contributed by atoms with van der Waals surface area (Å²) < 4.78 is 25.0. The zero-order valence-electron chi connectivity index (χ0n) is 20.3. The number of amides is 4. The van der Waals surface area contributed by atoms with Gasteiger partial charge in [-0.2, -0.15) is 0 Å². The first kappa shape index (κ1) is 26.4. The molecule has 0 spiro atoms. The Morgan fingerprint density at radius 3 is 2.50 bits per heavy atom. The minimum atomic E-state index is -0.774. The van der Waals surface area contributed by atoms with Crippen LogP contribution in [-0.2, 0) is 14.3 Å². The molecule has 1 aromatic heterocycles. The molecule has 4 amide bonds. The number of halogens is 1. The van der Waals surface area contributed by atoms with E-state index in [0.29, 0.717) is 24.5 Å². The maximum Gasteiger partial charge on any atom is 0.433 e. The summed E-state index contributed by atoms with van der Waals surface area (Å²) in [6.45, 7) is 2.61. The Labute approximate surface area is 215 Å². The van der Waals surface area contributed by atoms with Gasteiger partial charge in [-0.1, -0.05) is 0 Å². The quantitative estimate of drug-likeness (QED) is 0.370. The van der Waals surface area contributed by atoms with Crippen molar-refractivity contribution in [1.29, 1.82) is 0 Å². The van der Waals surface area contributed by atoms with Gasteiger partial charge in [0.15, 0.2) is 5.76 Å². The lowest BCUT2D eigenvalue weighted by molar-refractivity contribution is -0.402. The number of nitrogens with zero attached hydrogens (tertiary/aromatic N) is 4. The Hall–Kier alpha value is -4.69. The highest BCUT2D eigenvalue weighted by atomic mass is 19.1. The number of cyclic esters (lactones) is 1. The van der Waals surface area contributed by atoms with Gasteiger partial charge in [0.25, 0.3) is 5.91 Å². The second-order valence-corrected chi connectivity index (χ2v) is 8.63. The molecule has 0 saturated carbocycles. The summed E-state index contributed by atoms with van der Waals surface area (Å²) in [5, 5.41) is 15.6. The highest BCUT2D eigenvalue weighted by molar-refractivity contribution is 5.94. The monoisotopic (exact) mass is 532 g/mol. The number of hydrogen-bond acceptors (Lipinski definition) is 9. The Morgan fingerprint density at radius 2 is 1.87 bits per heavy atom. The molecule has 15 heteroatoms. The summed E-state index contributed by atoms with van der Waals surface area (Å²) >= 11 is 0. The molecular weight excluding hydrogens is 507 g/mol. The molecule has 2 aromatic rings. The van der Waals surface area contributed by atoms with Crippen molar-refractivity contribution >= 4 is 41.1 Å². The van der Waals surface area contributed by atoms with Gasteiger partial charge in [-0.15, -0.1) is 0 Å². The number of anilines is 2. The SMILES string of the molecule is CC(=O)NC[C@H]1CN(c2ccc(N3CCN(C(=O)CNC(=O)c4ccc([N+](=O)[O-])o4)CC3)c(F)c2)C(=O)O1. The summed E-state index contributed by atoms with van der Waals surface area (Å²) in [5.41, 5.74) is 0.643. The molecule has 2 aliphatic rings. The lowest BCUT2D eigenvalue weighted by Gasteiger charge is -2.36. The molecule has 0 bridgehead atoms. The Morgan fingerprint density at radius 1 is 1.13 bits per heavy atom. The third-order valence-corrected chi connectivity index (χ3v) is 6.06. The van der Waals surface area contributed by atoms with Crippen LogP contribution in [0.4, 0.5) is 26.4 Å². The number of ether oxygens (including phenoxy) is 1. The van der Waals surface area contributed by atoms with Crippen LogP contribution in [0, 0.1) is 15.9 Å². The van der Waals surface area contributed by atoms with E-state index in [2.05, 4.69) is 10.6 Å². The first-order chi connectivity index (χ1) is 18.1. The first-order valence-corrected chi connectivity index (χ1v) is 11.7. The lowest BCUT2D eigenvalue weighted by Crippen LogP contribution is -2.51. The number of carbonyl (C=O) groups excluding carboxylic acids is 4. The second-order valence-electron chi connectivity index (χ2n) is 8.63. The Kier molecular flexibility index (Phi) is 7.74. The van der Waals surface area contributed by atoms with E-state index in [1.165, 1.54) is 22.8 Å². The number of hydrogen-bond donors (Lipinski definition) is 2. The Balaban J connectivity index is 1.27. The van der Waals surface area contributed by atoms with Crippen molar-refractivity contribution in [2.75, 3.05) is 55.6 Å². The number of nitrogens with one attached hydrogen (secondary N) is 2. The van der Waals surface area contributed by atoms with E-state index >= 15 is 0 Å². The average Bonchev–Trinajstić information content (AvgIpc) is 3.53. The van der Waals surface area contributed by atoms with Crippen molar-refractivity contribution in [3.05, 3.63) is 52.0 Å². The number of benzene rings is 1. The fourth-order valence-electron chi connectivity index (χ4n) is 4.12. The third kappa shape index (κ3) is 5.99. The second kappa shape index (κ2) is 11.1. The summed E-state index contributed by atoms with van der Waals surface area (Å²) in [7, 11) is 0. The van der Waals surface area contributed by atoms with Crippen molar-refractivity contribution in [1.82, 2.24) is 15.5 Å². The topological polar surface area (TPSA) is 168 Å². The number of furan rings is 1. The van der Waals surface area contributed by atoms with Gasteiger partial charge in [-0.25, -0.2) is 9.18 Å². The molecule has 14 nitrogen and oxygen atoms in total. The summed E-state index contributed by atoms with van der Waals surface area (Å²) in [5.74, 6) is -2.77. The molecule has 2 fully saturated rings. The van der Waals surface area contributed by atoms with Gasteiger partial charge < -0.3 is 29.6 Å². The van der Waals surface area contributed by atoms with Crippen LogP contribution in [0.1, 0.15) is 17.5 Å². The van der Waals surface area contributed by atoms with Gasteiger partial charge in [-0.05, 0) is 24.3 Å². The number of carbonyl (C=O) groups is 4. The molecule has 1 atom stereocenters. The molecule has 1 aromatic carbocycles. The largest absolute Gasteiger partial charge is 0.442 e. The number of nitro groups is 1. The van der Waals surface area contributed by atoms with Crippen LogP contribution in [0.5, 0.6) is 0 Å². The molecule has 2 N–H and O–H groups in total. The minimum Gasteiger partial charge on any atom is -0.442 e. The zero-order chi connectivity index (χ0) is 27.4. The molecular formula is C23H25FN6O8. The molecule has 0 unspecified atom stereocenters. The number of piperazine rings is 1. The van der Waals surface area contributed by atoms with Crippen molar-refractivity contribution < 1.29 is 37.6 Å². The fourth-order valence-corrected chi connectivity index (χ4v) is 4.12. The van der Waals surface area contributed by atoms with E-state index in [4.69, 9.17) is 9.15 Å².